The molecule has 0 aliphatic carbocycles. The zero-order valence-electron chi connectivity index (χ0n) is 15.0. The number of ether oxygens (including phenoxy) is 3. The molecule has 1 amide bonds. The second-order valence-corrected chi connectivity index (χ2v) is 6.76. The number of carbonyl (C=O) groups excluding carboxylic acids is 1. The molecule has 8 heteroatoms. The molecular formula is C17H27N3O5. The van der Waals surface area contributed by atoms with Crippen LogP contribution in [0.2, 0.25) is 0 Å². The van der Waals surface area contributed by atoms with Gasteiger partial charge in [0.1, 0.15) is 6.04 Å². The molecule has 2 fully saturated rings. The van der Waals surface area contributed by atoms with Gasteiger partial charge in [0.25, 0.3) is 0 Å². The third kappa shape index (κ3) is 4.77. The number of aromatic nitrogens is 2. The maximum Gasteiger partial charge on any atom is 0.229 e. The lowest BCUT2D eigenvalue weighted by Crippen LogP contribution is -2.44. The number of amides is 1. The number of hydrogen-bond acceptors (Lipinski definition) is 7. The number of rotatable bonds is 6. The number of nitrogens with zero attached hydrogens (tertiary/aromatic N) is 3. The molecule has 0 saturated carbocycles. The first-order chi connectivity index (χ1) is 12.1. The maximum absolute atomic E-state index is 12.6. The minimum atomic E-state index is -0.291. The topological polar surface area (TPSA) is 86.9 Å². The van der Waals surface area contributed by atoms with Crippen LogP contribution in [0.1, 0.15) is 56.8 Å². The first kappa shape index (κ1) is 18.3. The van der Waals surface area contributed by atoms with E-state index in [2.05, 4.69) is 10.1 Å². The second-order valence-electron chi connectivity index (χ2n) is 6.76. The Morgan fingerprint density at radius 3 is 2.80 bits per heavy atom. The van der Waals surface area contributed by atoms with Gasteiger partial charge in [0.2, 0.25) is 11.8 Å². The fourth-order valence-corrected chi connectivity index (χ4v) is 3.03. The van der Waals surface area contributed by atoms with Gasteiger partial charge in [-0.1, -0.05) is 19.0 Å². The van der Waals surface area contributed by atoms with E-state index in [-0.39, 0.29) is 24.0 Å². The lowest BCUT2D eigenvalue weighted by Gasteiger charge is -2.34. The van der Waals surface area contributed by atoms with E-state index in [0.29, 0.717) is 44.5 Å². The lowest BCUT2D eigenvalue weighted by atomic mass is 10.1. The molecule has 25 heavy (non-hydrogen) atoms. The molecule has 8 nitrogen and oxygen atoms in total. The van der Waals surface area contributed by atoms with Crippen molar-refractivity contribution in [2.24, 2.45) is 0 Å². The van der Waals surface area contributed by atoms with Crippen LogP contribution in [0.4, 0.5) is 0 Å². The fourth-order valence-electron chi connectivity index (χ4n) is 3.03. The van der Waals surface area contributed by atoms with Crippen molar-refractivity contribution in [3.8, 4) is 0 Å². The molecule has 1 unspecified atom stereocenters. The van der Waals surface area contributed by atoms with Crippen LogP contribution in [-0.2, 0) is 19.0 Å². The van der Waals surface area contributed by atoms with Crippen LogP contribution in [0, 0.1) is 0 Å². The Balaban J connectivity index is 1.54. The normalized spacial score (nSPS) is 22.5. The zero-order chi connectivity index (χ0) is 17.6. The van der Waals surface area contributed by atoms with Crippen LogP contribution in [0.5, 0.6) is 0 Å². The number of carbonyl (C=O) groups is 1. The molecule has 140 valence electrons. The quantitative estimate of drug-likeness (QED) is 0.769. The Hall–Kier alpha value is -1.51. The summed E-state index contributed by atoms with van der Waals surface area (Å²) in [7, 11) is 0. The van der Waals surface area contributed by atoms with E-state index in [1.165, 1.54) is 0 Å². The van der Waals surface area contributed by atoms with Gasteiger partial charge in [-0.15, -0.1) is 0 Å². The molecule has 3 rings (SSSR count). The average molecular weight is 353 g/mol. The largest absolute Gasteiger partial charge is 0.381 e. The molecule has 0 spiro atoms. The van der Waals surface area contributed by atoms with Crippen molar-refractivity contribution in [3.63, 3.8) is 0 Å². The SMILES string of the molecule is CC(C)c1nc(C2COCCN2C(=O)CCOC2CCOCC2)no1. The van der Waals surface area contributed by atoms with E-state index in [1.54, 1.807) is 4.90 Å². The van der Waals surface area contributed by atoms with Gasteiger partial charge < -0.3 is 23.6 Å². The zero-order valence-corrected chi connectivity index (χ0v) is 15.0. The van der Waals surface area contributed by atoms with Crippen molar-refractivity contribution in [3.05, 3.63) is 11.7 Å². The van der Waals surface area contributed by atoms with Gasteiger partial charge in [0.05, 0.1) is 32.3 Å². The summed E-state index contributed by atoms with van der Waals surface area (Å²) < 4.78 is 21.9. The van der Waals surface area contributed by atoms with Gasteiger partial charge in [0, 0.05) is 25.7 Å². The third-order valence-electron chi connectivity index (χ3n) is 4.54. The minimum absolute atomic E-state index is 0.0382. The van der Waals surface area contributed by atoms with Crippen molar-refractivity contribution in [2.45, 2.75) is 51.2 Å². The highest BCUT2D eigenvalue weighted by atomic mass is 16.5. The Morgan fingerprint density at radius 1 is 1.28 bits per heavy atom. The predicted molar refractivity (Wildman–Crippen MR) is 88.1 cm³/mol. The monoisotopic (exact) mass is 353 g/mol. The van der Waals surface area contributed by atoms with Crippen LogP contribution in [-0.4, -0.2) is 66.6 Å². The molecule has 0 radical (unpaired) electrons. The van der Waals surface area contributed by atoms with Crippen LogP contribution in [0.15, 0.2) is 4.52 Å². The van der Waals surface area contributed by atoms with E-state index >= 15 is 0 Å². The molecule has 1 aromatic heterocycles. The van der Waals surface area contributed by atoms with Crippen LogP contribution in [0.25, 0.3) is 0 Å². The summed E-state index contributed by atoms with van der Waals surface area (Å²) in [4.78, 5) is 18.9. The van der Waals surface area contributed by atoms with E-state index in [1.807, 2.05) is 13.8 Å². The molecule has 1 aromatic rings. The standard InChI is InChI=1S/C17H27N3O5/c1-12(2)17-18-16(19-25-17)14-11-23-10-6-20(14)15(21)5-9-24-13-3-7-22-8-4-13/h12-14H,3-11H2,1-2H3. The minimum Gasteiger partial charge on any atom is -0.381 e. The van der Waals surface area contributed by atoms with Gasteiger partial charge >= 0.3 is 0 Å². The Morgan fingerprint density at radius 2 is 2.08 bits per heavy atom. The summed E-state index contributed by atoms with van der Waals surface area (Å²) in [6.07, 6.45) is 2.35. The molecular weight excluding hydrogens is 326 g/mol. The van der Waals surface area contributed by atoms with Gasteiger partial charge in [-0.25, -0.2) is 0 Å². The Labute approximate surface area is 147 Å². The van der Waals surface area contributed by atoms with E-state index in [4.69, 9.17) is 18.7 Å². The van der Waals surface area contributed by atoms with Crippen molar-refractivity contribution in [2.75, 3.05) is 39.6 Å². The summed E-state index contributed by atoms with van der Waals surface area (Å²) in [6.45, 7) is 7.34. The second kappa shape index (κ2) is 8.73. The molecule has 1 atom stereocenters. The molecule has 0 aromatic carbocycles. The summed E-state index contributed by atoms with van der Waals surface area (Å²) >= 11 is 0. The van der Waals surface area contributed by atoms with Crippen LogP contribution < -0.4 is 0 Å². The molecule has 0 bridgehead atoms. The van der Waals surface area contributed by atoms with Gasteiger partial charge in [-0.3, -0.25) is 4.79 Å². The molecule has 2 saturated heterocycles. The van der Waals surface area contributed by atoms with Crippen molar-refractivity contribution < 1.29 is 23.5 Å². The molecule has 0 N–H and O–H groups in total. The third-order valence-corrected chi connectivity index (χ3v) is 4.54. The highest BCUT2D eigenvalue weighted by molar-refractivity contribution is 5.76. The maximum atomic E-state index is 12.6. The smallest absolute Gasteiger partial charge is 0.229 e. The Bertz CT molecular complexity index is 556. The van der Waals surface area contributed by atoms with E-state index < -0.39 is 0 Å². The van der Waals surface area contributed by atoms with Crippen LogP contribution in [0.3, 0.4) is 0 Å². The molecule has 2 aliphatic heterocycles. The van der Waals surface area contributed by atoms with Crippen molar-refractivity contribution in [1.29, 1.82) is 0 Å². The predicted octanol–water partition coefficient (Wildman–Crippen LogP) is 1.68. The van der Waals surface area contributed by atoms with Crippen molar-refractivity contribution in [1.82, 2.24) is 15.0 Å². The highest BCUT2D eigenvalue weighted by Gasteiger charge is 2.32. The van der Waals surface area contributed by atoms with Gasteiger partial charge in [-0.05, 0) is 12.8 Å². The van der Waals surface area contributed by atoms with Gasteiger partial charge in [-0.2, -0.15) is 4.98 Å². The summed E-state index contributed by atoms with van der Waals surface area (Å²) in [5.74, 6) is 1.29. The lowest BCUT2D eigenvalue weighted by molar-refractivity contribution is -0.142. The number of morpholine rings is 1. The van der Waals surface area contributed by atoms with Crippen molar-refractivity contribution >= 4 is 5.91 Å². The molecule has 2 aliphatic rings. The summed E-state index contributed by atoms with van der Waals surface area (Å²) in [6, 6.07) is -0.291. The first-order valence-electron chi connectivity index (χ1n) is 9.05. The fraction of sp³-hybridized carbons (Fsp3) is 0.824. The highest BCUT2D eigenvalue weighted by Crippen LogP contribution is 2.24. The molecule has 3 heterocycles. The Kier molecular flexibility index (Phi) is 6.39. The first-order valence-corrected chi connectivity index (χ1v) is 9.05. The van der Waals surface area contributed by atoms with E-state index in [0.717, 1.165) is 26.1 Å². The summed E-state index contributed by atoms with van der Waals surface area (Å²) in [5.41, 5.74) is 0. The van der Waals surface area contributed by atoms with Crippen LogP contribution >= 0.6 is 0 Å². The van der Waals surface area contributed by atoms with Gasteiger partial charge in [0.15, 0.2) is 5.82 Å². The summed E-state index contributed by atoms with van der Waals surface area (Å²) in [5, 5.41) is 4.04. The number of hydrogen-bond donors (Lipinski definition) is 0. The average Bonchev–Trinajstić information content (AvgIpc) is 3.13. The van der Waals surface area contributed by atoms with E-state index in [9.17, 15) is 4.79 Å².